The van der Waals surface area contributed by atoms with Crippen LogP contribution in [0.5, 0.6) is 0 Å². The van der Waals surface area contributed by atoms with Gasteiger partial charge in [-0.1, -0.05) is 23.7 Å². The molecule has 0 aliphatic carbocycles. The van der Waals surface area contributed by atoms with Gasteiger partial charge in [-0.25, -0.2) is 8.42 Å². The molecule has 0 saturated heterocycles. The van der Waals surface area contributed by atoms with Crippen molar-refractivity contribution in [1.82, 2.24) is 5.32 Å². The molecule has 0 radical (unpaired) electrons. The fourth-order valence-electron chi connectivity index (χ4n) is 2.34. The van der Waals surface area contributed by atoms with Crippen molar-refractivity contribution in [2.45, 2.75) is 17.7 Å². The standard InChI is InChI=1S/C18H22ClN3O3S.ClH/c1-22(16-8-5-7-15(19)13-16)26(24,25)17-9-4-6-14(12-17)18(23)21-11-3-2-10-20;/h4-9,12-13H,2-3,10-11,20H2,1H3,(H,21,23);1H. The van der Waals surface area contributed by atoms with Gasteiger partial charge < -0.3 is 11.1 Å². The lowest BCUT2D eigenvalue weighted by Crippen LogP contribution is -2.28. The number of nitrogens with zero attached hydrogens (tertiary/aromatic N) is 1. The molecule has 0 unspecified atom stereocenters. The first-order valence-electron chi connectivity index (χ1n) is 8.19. The number of anilines is 1. The number of benzene rings is 2. The van der Waals surface area contributed by atoms with E-state index < -0.39 is 10.0 Å². The van der Waals surface area contributed by atoms with Crippen molar-refractivity contribution >= 4 is 45.6 Å². The Morgan fingerprint density at radius 1 is 1.15 bits per heavy atom. The predicted octanol–water partition coefficient (Wildman–Crippen LogP) is 3.06. The molecule has 0 fully saturated rings. The van der Waals surface area contributed by atoms with Crippen molar-refractivity contribution < 1.29 is 13.2 Å². The lowest BCUT2D eigenvalue weighted by molar-refractivity contribution is 0.0953. The summed E-state index contributed by atoms with van der Waals surface area (Å²) in [5, 5.41) is 3.20. The zero-order chi connectivity index (χ0) is 19.2. The molecule has 2 aromatic carbocycles. The van der Waals surface area contributed by atoms with E-state index in [0.717, 1.165) is 17.1 Å². The Labute approximate surface area is 171 Å². The van der Waals surface area contributed by atoms with Gasteiger partial charge in [0.2, 0.25) is 0 Å². The molecular weight excluding hydrogens is 409 g/mol. The van der Waals surface area contributed by atoms with Crippen LogP contribution in [0.1, 0.15) is 23.2 Å². The summed E-state index contributed by atoms with van der Waals surface area (Å²) in [6.45, 7) is 1.06. The number of hydrogen-bond acceptors (Lipinski definition) is 4. The molecule has 0 atom stereocenters. The molecule has 148 valence electrons. The number of nitrogens with one attached hydrogen (secondary N) is 1. The van der Waals surface area contributed by atoms with Crippen LogP contribution in [0, 0.1) is 0 Å². The number of nitrogens with two attached hydrogens (primary N) is 1. The minimum atomic E-state index is -3.82. The quantitative estimate of drug-likeness (QED) is 0.628. The van der Waals surface area contributed by atoms with Crippen LogP contribution < -0.4 is 15.4 Å². The average Bonchev–Trinajstić information content (AvgIpc) is 2.64. The lowest BCUT2D eigenvalue weighted by Gasteiger charge is -2.20. The Kier molecular flexibility index (Phi) is 9.05. The molecule has 0 spiro atoms. The van der Waals surface area contributed by atoms with Gasteiger partial charge in [0.1, 0.15) is 0 Å². The molecule has 2 aromatic rings. The van der Waals surface area contributed by atoms with Crippen LogP contribution >= 0.6 is 24.0 Å². The number of carbonyl (C=O) groups excluding carboxylic acids is 1. The van der Waals surface area contributed by atoms with Crippen LogP contribution in [0.15, 0.2) is 53.4 Å². The first-order valence-corrected chi connectivity index (χ1v) is 10.0. The van der Waals surface area contributed by atoms with Crippen molar-refractivity contribution in [1.29, 1.82) is 0 Å². The third kappa shape index (κ3) is 6.10. The van der Waals surface area contributed by atoms with Gasteiger partial charge in [-0.2, -0.15) is 0 Å². The molecule has 2 rings (SSSR count). The molecule has 0 heterocycles. The van der Waals surface area contributed by atoms with Crippen LogP contribution in [-0.2, 0) is 10.0 Å². The zero-order valence-corrected chi connectivity index (χ0v) is 17.3. The van der Waals surface area contributed by atoms with E-state index >= 15 is 0 Å². The summed E-state index contributed by atoms with van der Waals surface area (Å²) < 4.78 is 26.8. The Morgan fingerprint density at radius 3 is 2.52 bits per heavy atom. The molecule has 0 saturated carbocycles. The van der Waals surface area contributed by atoms with Gasteiger partial charge in [0, 0.05) is 24.2 Å². The fraction of sp³-hybridized carbons (Fsp3) is 0.278. The highest BCUT2D eigenvalue weighted by Gasteiger charge is 2.22. The Bertz CT molecular complexity index is 876. The van der Waals surface area contributed by atoms with Crippen LogP contribution in [0.4, 0.5) is 5.69 Å². The Morgan fingerprint density at radius 2 is 1.85 bits per heavy atom. The van der Waals surface area contributed by atoms with Gasteiger partial charge in [0.15, 0.2) is 0 Å². The van der Waals surface area contributed by atoms with E-state index in [-0.39, 0.29) is 23.2 Å². The highest BCUT2D eigenvalue weighted by atomic mass is 35.5. The van der Waals surface area contributed by atoms with E-state index in [1.165, 1.54) is 19.2 Å². The summed E-state index contributed by atoms with van der Waals surface area (Å²) in [6, 6.07) is 12.5. The van der Waals surface area contributed by atoms with Gasteiger partial charge in [0.25, 0.3) is 15.9 Å². The van der Waals surface area contributed by atoms with Crippen molar-refractivity contribution in [3.05, 3.63) is 59.1 Å². The minimum absolute atomic E-state index is 0. The monoisotopic (exact) mass is 431 g/mol. The predicted molar refractivity (Wildman–Crippen MR) is 111 cm³/mol. The van der Waals surface area contributed by atoms with Gasteiger partial charge in [-0.05, 0) is 55.8 Å². The first kappa shape index (κ1) is 23.2. The molecule has 27 heavy (non-hydrogen) atoms. The van der Waals surface area contributed by atoms with Crippen LogP contribution in [0.3, 0.4) is 0 Å². The van der Waals surface area contributed by atoms with Crippen LogP contribution in [0.25, 0.3) is 0 Å². The summed E-state index contributed by atoms with van der Waals surface area (Å²) in [4.78, 5) is 12.2. The smallest absolute Gasteiger partial charge is 0.264 e. The number of rotatable bonds is 8. The second kappa shape index (κ2) is 10.5. The maximum absolute atomic E-state index is 12.9. The number of carbonyl (C=O) groups is 1. The van der Waals surface area contributed by atoms with E-state index in [1.807, 2.05) is 0 Å². The van der Waals surface area contributed by atoms with Crippen LogP contribution in [0.2, 0.25) is 5.02 Å². The summed E-state index contributed by atoms with van der Waals surface area (Å²) in [5.41, 5.74) is 6.15. The number of hydrogen-bond donors (Lipinski definition) is 2. The van der Waals surface area contributed by atoms with Crippen LogP contribution in [-0.4, -0.2) is 34.5 Å². The van der Waals surface area contributed by atoms with Gasteiger partial charge in [0.05, 0.1) is 10.6 Å². The second-order valence-corrected chi connectivity index (χ2v) is 8.14. The zero-order valence-electron chi connectivity index (χ0n) is 14.9. The molecule has 0 aliphatic rings. The fourth-order valence-corrected chi connectivity index (χ4v) is 3.76. The molecule has 0 aliphatic heterocycles. The highest BCUT2D eigenvalue weighted by molar-refractivity contribution is 7.92. The Balaban J connectivity index is 0.00000364. The molecule has 9 heteroatoms. The third-order valence-electron chi connectivity index (χ3n) is 3.84. The molecular formula is C18H23Cl2N3O3S. The summed E-state index contributed by atoms with van der Waals surface area (Å²) in [6.07, 6.45) is 1.59. The summed E-state index contributed by atoms with van der Waals surface area (Å²) >= 11 is 5.94. The topological polar surface area (TPSA) is 92.5 Å². The van der Waals surface area contributed by atoms with Crippen molar-refractivity contribution in [3.63, 3.8) is 0 Å². The van der Waals surface area contributed by atoms with Crippen molar-refractivity contribution in [3.8, 4) is 0 Å². The maximum atomic E-state index is 12.9. The van der Waals surface area contributed by atoms with E-state index in [4.69, 9.17) is 17.3 Å². The molecule has 3 N–H and O–H groups in total. The van der Waals surface area contributed by atoms with Gasteiger partial charge >= 0.3 is 0 Å². The third-order valence-corrected chi connectivity index (χ3v) is 5.86. The Hall–Kier alpha value is -1.80. The summed E-state index contributed by atoms with van der Waals surface area (Å²) in [7, 11) is -2.37. The molecule has 1 amide bonds. The van der Waals surface area contributed by atoms with E-state index in [1.54, 1.807) is 36.4 Å². The van der Waals surface area contributed by atoms with E-state index in [9.17, 15) is 13.2 Å². The molecule has 0 bridgehead atoms. The first-order chi connectivity index (χ1) is 12.4. The van der Waals surface area contributed by atoms with E-state index in [0.29, 0.717) is 29.4 Å². The van der Waals surface area contributed by atoms with E-state index in [2.05, 4.69) is 5.32 Å². The van der Waals surface area contributed by atoms with Crippen molar-refractivity contribution in [2.24, 2.45) is 5.73 Å². The lowest BCUT2D eigenvalue weighted by atomic mass is 10.2. The number of amides is 1. The normalized spacial score (nSPS) is 10.8. The number of halogens is 2. The SMILES string of the molecule is CN(c1cccc(Cl)c1)S(=O)(=O)c1cccc(C(=O)NCCCCN)c1.Cl. The number of sulfonamides is 1. The minimum Gasteiger partial charge on any atom is -0.352 e. The van der Waals surface area contributed by atoms with Crippen molar-refractivity contribution in [2.75, 3.05) is 24.4 Å². The molecule has 6 nitrogen and oxygen atoms in total. The van der Waals surface area contributed by atoms with Gasteiger partial charge in [-0.15, -0.1) is 12.4 Å². The largest absolute Gasteiger partial charge is 0.352 e. The average molecular weight is 432 g/mol. The maximum Gasteiger partial charge on any atom is 0.264 e. The summed E-state index contributed by atoms with van der Waals surface area (Å²) in [5.74, 6) is -0.315. The molecule has 0 aromatic heterocycles. The second-order valence-electron chi connectivity index (χ2n) is 5.73. The number of unbranched alkanes of at least 4 members (excludes halogenated alkanes) is 1. The van der Waals surface area contributed by atoms with Gasteiger partial charge in [-0.3, -0.25) is 9.10 Å². The highest BCUT2D eigenvalue weighted by Crippen LogP contribution is 2.25.